The highest BCUT2D eigenvalue weighted by Crippen LogP contribution is 2.37. The molecule has 150 valence electrons. The van der Waals surface area contributed by atoms with Crippen LogP contribution in [0.2, 0.25) is 10.0 Å². The van der Waals surface area contributed by atoms with E-state index in [1.807, 2.05) is 12.1 Å². The minimum Gasteiger partial charge on any atom is -0.487 e. The normalized spacial score (nSPS) is 14.9. The Morgan fingerprint density at radius 2 is 2.03 bits per heavy atom. The molecule has 0 spiro atoms. The third-order valence-electron chi connectivity index (χ3n) is 3.61. The molecular weight excluding hydrogens is 567 g/mol. The zero-order chi connectivity index (χ0) is 21.1. The van der Waals surface area contributed by atoms with Gasteiger partial charge in [-0.25, -0.2) is 0 Å². The average Bonchev–Trinajstić information content (AvgIpc) is 2.94. The van der Waals surface area contributed by atoms with E-state index < -0.39 is 5.91 Å². The number of nitrogens with zero attached hydrogens (tertiary/aromatic N) is 1. The van der Waals surface area contributed by atoms with E-state index in [9.17, 15) is 9.59 Å². The average molecular weight is 579 g/mol. The molecule has 2 aromatic rings. The first-order valence-electron chi connectivity index (χ1n) is 8.09. The Morgan fingerprint density at radius 3 is 2.72 bits per heavy atom. The smallest absolute Gasteiger partial charge is 0.286 e. The number of benzene rings is 2. The molecule has 1 heterocycles. The van der Waals surface area contributed by atoms with Crippen molar-refractivity contribution in [2.75, 3.05) is 0 Å². The van der Waals surface area contributed by atoms with Crippen LogP contribution in [0.5, 0.6) is 5.75 Å². The van der Waals surface area contributed by atoms with E-state index in [0.717, 1.165) is 21.8 Å². The van der Waals surface area contributed by atoms with Gasteiger partial charge in [-0.3, -0.25) is 9.59 Å². The molecule has 0 radical (unpaired) electrons. The molecule has 5 nitrogen and oxygen atoms in total. The molecule has 0 atom stereocenters. The number of amidine groups is 1. The van der Waals surface area contributed by atoms with Crippen LogP contribution in [-0.2, 0) is 16.2 Å². The molecule has 0 bridgehead atoms. The summed E-state index contributed by atoms with van der Waals surface area (Å²) in [5, 5.41) is 3.81. The highest BCUT2D eigenvalue weighted by molar-refractivity contribution is 9.11. The van der Waals surface area contributed by atoms with Crippen LogP contribution in [0.4, 0.5) is 0 Å². The van der Waals surface area contributed by atoms with Crippen molar-refractivity contribution in [1.29, 1.82) is 0 Å². The Hall–Kier alpha value is -1.32. The van der Waals surface area contributed by atoms with E-state index in [0.29, 0.717) is 30.7 Å². The second kappa shape index (κ2) is 9.66. The quantitative estimate of drug-likeness (QED) is 0.439. The predicted molar refractivity (Wildman–Crippen MR) is 124 cm³/mol. The molecule has 1 N–H and O–H groups in total. The highest BCUT2D eigenvalue weighted by Gasteiger charge is 2.23. The van der Waals surface area contributed by atoms with Crippen LogP contribution in [0.15, 0.2) is 49.2 Å². The van der Waals surface area contributed by atoms with E-state index in [1.54, 1.807) is 24.3 Å². The monoisotopic (exact) mass is 576 g/mol. The Labute approximate surface area is 198 Å². The van der Waals surface area contributed by atoms with Gasteiger partial charge < -0.3 is 10.1 Å². The number of hydrogen-bond acceptors (Lipinski definition) is 4. The van der Waals surface area contributed by atoms with E-state index in [1.165, 1.54) is 6.92 Å². The van der Waals surface area contributed by atoms with Crippen LogP contribution < -0.4 is 10.1 Å². The number of amides is 2. The fourth-order valence-corrected chi connectivity index (χ4v) is 5.07. The lowest BCUT2D eigenvalue weighted by molar-refractivity contribution is -0.117. The molecule has 2 amide bonds. The Morgan fingerprint density at radius 1 is 1.28 bits per heavy atom. The van der Waals surface area contributed by atoms with E-state index in [-0.39, 0.29) is 17.7 Å². The molecule has 0 unspecified atom stereocenters. The van der Waals surface area contributed by atoms with Gasteiger partial charge in [-0.1, -0.05) is 45.2 Å². The Kier molecular flexibility index (Phi) is 7.45. The second-order valence-electron chi connectivity index (χ2n) is 5.84. The number of aliphatic imine (C=N–C) groups is 1. The number of carbonyl (C=O) groups excluding carboxylic acids is 2. The zero-order valence-corrected chi connectivity index (χ0v) is 20.3. The standard InChI is InChI=1S/C19H12Br2Cl2N2O3S/c1-9(26)24-19-25-18(27)16(29-19)5-11-4-12(20)6-14(21)17(11)28-8-10-2-3-13(22)7-15(10)23/h2-7H,8H2,1H3,(H,24,25,26,27)/b16-5+. The van der Waals surface area contributed by atoms with Crippen LogP contribution in [0.25, 0.3) is 6.08 Å². The maximum atomic E-state index is 12.2. The van der Waals surface area contributed by atoms with Gasteiger partial charge in [0.05, 0.1) is 9.38 Å². The lowest BCUT2D eigenvalue weighted by atomic mass is 10.1. The fourth-order valence-electron chi connectivity index (χ4n) is 2.38. The van der Waals surface area contributed by atoms with Crippen molar-refractivity contribution in [3.8, 4) is 5.75 Å². The van der Waals surface area contributed by atoms with E-state index in [2.05, 4.69) is 42.2 Å². The summed E-state index contributed by atoms with van der Waals surface area (Å²) < 4.78 is 7.49. The summed E-state index contributed by atoms with van der Waals surface area (Å²) in [6.07, 6.45) is 1.67. The van der Waals surface area contributed by atoms with Crippen molar-refractivity contribution in [3.63, 3.8) is 0 Å². The molecule has 1 aliphatic rings. The molecule has 3 rings (SSSR count). The molecular formula is C19H12Br2Cl2N2O3S. The second-order valence-corrected chi connectivity index (χ2v) is 9.49. The number of halogens is 4. The first-order valence-corrected chi connectivity index (χ1v) is 11.2. The van der Waals surface area contributed by atoms with Gasteiger partial charge in [0.25, 0.3) is 5.91 Å². The van der Waals surface area contributed by atoms with Crippen molar-refractivity contribution < 1.29 is 14.3 Å². The highest BCUT2D eigenvalue weighted by atomic mass is 79.9. The molecule has 10 heteroatoms. The lowest BCUT2D eigenvalue weighted by Gasteiger charge is -2.13. The molecule has 0 aromatic heterocycles. The van der Waals surface area contributed by atoms with E-state index in [4.69, 9.17) is 27.9 Å². The SMILES string of the molecule is CC(=O)NC1=NC(=O)/C(=C\c2cc(Br)cc(Br)c2OCc2ccc(Cl)cc2Cl)S1. The first kappa shape index (κ1) is 22.4. The molecule has 0 saturated heterocycles. The minimum atomic E-state index is -0.429. The van der Waals surface area contributed by atoms with Gasteiger partial charge in [0.2, 0.25) is 5.91 Å². The van der Waals surface area contributed by atoms with Crippen molar-refractivity contribution >= 4 is 89.9 Å². The molecule has 0 aliphatic carbocycles. The number of thioether (sulfide) groups is 1. The van der Waals surface area contributed by atoms with Crippen LogP contribution in [0.3, 0.4) is 0 Å². The van der Waals surface area contributed by atoms with Crippen molar-refractivity contribution in [2.24, 2.45) is 4.99 Å². The summed E-state index contributed by atoms with van der Waals surface area (Å²) in [5.74, 6) is -0.186. The van der Waals surface area contributed by atoms with Gasteiger partial charge in [-0.05, 0) is 58.0 Å². The van der Waals surface area contributed by atoms with Crippen molar-refractivity contribution in [1.82, 2.24) is 5.32 Å². The predicted octanol–water partition coefficient (Wildman–Crippen LogP) is 6.20. The summed E-state index contributed by atoms with van der Waals surface area (Å²) >= 11 is 20.2. The third-order valence-corrected chi connectivity index (χ3v) is 6.15. The fraction of sp³-hybridized carbons (Fsp3) is 0.105. The van der Waals surface area contributed by atoms with Gasteiger partial charge >= 0.3 is 0 Å². The molecule has 29 heavy (non-hydrogen) atoms. The van der Waals surface area contributed by atoms with Crippen LogP contribution >= 0.6 is 66.8 Å². The summed E-state index contributed by atoms with van der Waals surface area (Å²) in [7, 11) is 0. The van der Waals surface area contributed by atoms with Crippen molar-refractivity contribution in [3.05, 3.63) is 65.4 Å². The number of nitrogens with one attached hydrogen (secondary N) is 1. The summed E-state index contributed by atoms with van der Waals surface area (Å²) in [5.41, 5.74) is 1.43. The molecule has 1 aliphatic heterocycles. The van der Waals surface area contributed by atoms with Crippen LogP contribution in [-0.4, -0.2) is 17.0 Å². The maximum absolute atomic E-state index is 12.2. The largest absolute Gasteiger partial charge is 0.487 e. The van der Waals surface area contributed by atoms with Crippen LogP contribution in [0, 0.1) is 0 Å². The summed E-state index contributed by atoms with van der Waals surface area (Å²) in [6, 6.07) is 8.83. The van der Waals surface area contributed by atoms with Gasteiger partial charge in [-0.15, -0.1) is 0 Å². The lowest BCUT2D eigenvalue weighted by Crippen LogP contribution is -2.23. The number of carbonyl (C=O) groups is 2. The zero-order valence-electron chi connectivity index (χ0n) is 14.8. The molecule has 0 fully saturated rings. The molecule has 0 saturated carbocycles. The van der Waals surface area contributed by atoms with Gasteiger partial charge in [0.1, 0.15) is 12.4 Å². The number of ether oxygens (including phenoxy) is 1. The summed E-state index contributed by atoms with van der Waals surface area (Å²) in [4.78, 5) is 27.6. The number of rotatable bonds is 4. The van der Waals surface area contributed by atoms with Crippen molar-refractivity contribution in [2.45, 2.75) is 13.5 Å². The third kappa shape index (κ3) is 5.86. The minimum absolute atomic E-state index is 0.209. The van der Waals surface area contributed by atoms with Gasteiger partial charge in [0.15, 0.2) is 5.17 Å². The van der Waals surface area contributed by atoms with Crippen LogP contribution in [0.1, 0.15) is 18.1 Å². The Bertz CT molecular complexity index is 1070. The Balaban J connectivity index is 1.88. The number of hydrogen-bond donors (Lipinski definition) is 1. The topological polar surface area (TPSA) is 67.8 Å². The first-order chi connectivity index (χ1) is 13.7. The van der Waals surface area contributed by atoms with Gasteiger partial charge in [0, 0.05) is 32.6 Å². The maximum Gasteiger partial charge on any atom is 0.286 e. The van der Waals surface area contributed by atoms with Gasteiger partial charge in [-0.2, -0.15) is 4.99 Å². The molecule has 2 aromatic carbocycles. The summed E-state index contributed by atoms with van der Waals surface area (Å²) in [6.45, 7) is 1.57. The van der Waals surface area contributed by atoms with E-state index >= 15 is 0 Å².